The molecule has 74 valence electrons. The second-order valence-electron chi connectivity index (χ2n) is 4.35. The highest BCUT2D eigenvalue weighted by molar-refractivity contribution is 5.87. The van der Waals surface area contributed by atoms with Crippen LogP contribution in [0.1, 0.15) is 36.5 Å². The first kappa shape index (κ1) is 9.32. The molecule has 0 saturated carbocycles. The van der Waals surface area contributed by atoms with Crippen LogP contribution in [0.3, 0.4) is 0 Å². The molecule has 0 atom stereocenters. The molecule has 2 aromatic rings. The SMILES string of the molecule is Cc1cc(C)c2[nH]ccc2c1C(C)C. The molecule has 0 fully saturated rings. The highest BCUT2D eigenvalue weighted by atomic mass is 14.7. The van der Waals surface area contributed by atoms with Crippen LogP contribution in [-0.4, -0.2) is 4.98 Å². The number of hydrogen-bond donors (Lipinski definition) is 1. The molecule has 2 rings (SSSR count). The zero-order valence-corrected chi connectivity index (χ0v) is 9.31. The van der Waals surface area contributed by atoms with Crippen molar-refractivity contribution in [1.29, 1.82) is 0 Å². The van der Waals surface area contributed by atoms with E-state index in [-0.39, 0.29) is 0 Å². The normalized spacial score (nSPS) is 11.5. The third-order valence-corrected chi connectivity index (χ3v) is 2.87. The molecule has 14 heavy (non-hydrogen) atoms. The fraction of sp³-hybridized carbons (Fsp3) is 0.385. The molecule has 1 heterocycles. The van der Waals surface area contributed by atoms with Crippen molar-refractivity contribution >= 4 is 10.9 Å². The highest BCUT2D eigenvalue weighted by Crippen LogP contribution is 2.30. The molecule has 0 radical (unpaired) electrons. The molecule has 0 aliphatic rings. The third kappa shape index (κ3) is 1.24. The summed E-state index contributed by atoms with van der Waals surface area (Å²) in [5, 5.41) is 1.39. The number of fused-ring (bicyclic) bond motifs is 1. The van der Waals surface area contributed by atoms with E-state index in [0.29, 0.717) is 5.92 Å². The lowest BCUT2D eigenvalue weighted by Crippen LogP contribution is -1.94. The van der Waals surface area contributed by atoms with E-state index >= 15 is 0 Å². The van der Waals surface area contributed by atoms with E-state index in [0.717, 1.165) is 0 Å². The third-order valence-electron chi connectivity index (χ3n) is 2.87. The Morgan fingerprint density at radius 1 is 1.14 bits per heavy atom. The van der Waals surface area contributed by atoms with Crippen LogP contribution in [0.25, 0.3) is 10.9 Å². The van der Waals surface area contributed by atoms with Crippen molar-refractivity contribution in [3.8, 4) is 0 Å². The van der Waals surface area contributed by atoms with Gasteiger partial charge in [-0.2, -0.15) is 0 Å². The second kappa shape index (κ2) is 3.16. The summed E-state index contributed by atoms with van der Waals surface area (Å²) in [6.07, 6.45) is 2.03. The van der Waals surface area contributed by atoms with Crippen molar-refractivity contribution in [3.05, 3.63) is 35.0 Å². The molecule has 0 aliphatic heterocycles. The van der Waals surface area contributed by atoms with Crippen LogP contribution < -0.4 is 0 Å². The molecule has 0 unspecified atom stereocenters. The summed E-state index contributed by atoms with van der Waals surface area (Å²) in [5.74, 6) is 0.592. The maximum absolute atomic E-state index is 3.31. The van der Waals surface area contributed by atoms with E-state index in [1.165, 1.54) is 27.6 Å². The minimum atomic E-state index is 0.592. The number of H-pyrrole nitrogens is 1. The van der Waals surface area contributed by atoms with Gasteiger partial charge < -0.3 is 4.98 Å². The van der Waals surface area contributed by atoms with Gasteiger partial charge >= 0.3 is 0 Å². The van der Waals surface area contributed by atoms with Crippen LogP contribution in [0.5, 0.6) is 0 Å². The Morgan fingerprint density at radius 2 is 1.86 bits per heavy atom. The average Bonchev–Trinajstić information content (AvgIpc) is 2.51. The largest absolute Gasteiger partial charge is 0.361 e. The maximum atomic E-state index is 3.31. The van der Waals surface area contributed by atoms with Crippen molar-refractivity contribution in [2.75, 3.05) is 0 Å². The standard InChI is InChI=1S/C13H17N/c1-8(2)12-9(3)7-10(4)13-11(12)5-6-14-13/h5-8,14H,1-4H3. The summed E-state index contributed by atoms with van der Waals surface area (Å²) in [5.41, 5.74) is 5.52. The smallest absolute Gasteiger partial charge is 0.0486 e. The van der Waals surface area contributed by atoms with Crippen molar-refractivity contribution in [2.24, 2.45) is 0 Å². The van der Waals surface area contributed by atoms with Gasteiger partial charge in [-0.15, -0.1) is 0 Å². The lowest BCUT2D eigenvalue weighted by atomic mass is 9.92. The van der Waals surface area contributed by atoms with Crippen LogP contribution in [0, 0.1) is 13.8 Å². The molecular weight excluding hydrogens is 170 g/mol. The maximum Gasteiger partial charge on any atom is 0.0486 e. The molecule has 0 amide bonds. The van der Waals surface area contributed by atoms with Crippen LogP contribution in [0.15, 0.2) is 18.3 Å². The number of aryl methyl sites for hydroxylation is 2. The molecular formula is C13H17N. The zero-order chi connectivity index (χ0) is 10.3. The molecule has 1 N–H and O–H groups in total. The van der Waals surface area contributed by atoms with E-state index in [1.54, 1.807) is 0 Å². The highest BCUT2D eigenvalue weighted by Gasteiger charge is 2.10. The van der Waals surface area contributed by atoms with Gasteiger partial charge in [0.1, 0.15) is 0 Å². The summed E-state index contributed by atoms with van der Waals surface area (Å²) in [6.45, 7) is 8.87. The fourth-order valence-corrected chi connectivity index (χ4v) is 2.37. The molecule has 1 aromatic carbocycles. The molecule has 0 bridgehead atoms. The molecule has 1 heteroatoms. The minimum absolute atomic E-state index is 0.592. The number of hydrogen-bond acceptors (Lipinski definition) is 0. The Kier molecular flexibility index (Phi) is 2.10. The lowest BCUT2D eigenvalue weighted by Gasteiger charge is -2.12. The van der Waals surface area contributed by atoms with E-state index in [9.17, 15) is 0 Å². The van der Waals surface area contributed by atoms with Gasteiger partial charge in [-0.1, -0.05) is 19.9 Å². The first-order chi connectivity index (χ1) is 6.61. The first-order valence-corrected chi connectivity index (χ1v) is 5.18. The predicted molar refractivity (Wildman–Crippen MR) is 61.9 cm³/mol. The quantitative estimate of drug-likeness (QED) is 0.696. The summed E-state index contributed by atoms with van der Waals surface area (Å²) in [6, 6.07) is 4.46. The molecule has 1 nitrogen and oxygen atoms in total. The van der Waals surface area contributed by atoms with Crippen molar-refractivity contribution in [3.63, 3.8) is 0 Å². The predicted octanol–water partition coefficient (Wildman–Crippen LogP) is 3.91. The van der Waals surface area contributed by atoms with Crippen molar-refractivity contribution < 1.29 is 0 Å². The summed E-state index contributed by atoms with van der Waals surface area (Å²) in [7, 11) is 0. The van der Waals surface area contributed by atoms with Crippen LogP contribution in [0.4, 0.5) is 0 Å². The van der Waals surface area contributed by atoms with Gasteiger partial charge in [0.25, 0.3) is 0 Å². The van der Waals surface area contributed by atoms with Gasteiger partial charge in [-0.25, -0.2) is 0 Å². The van der Waals surface area contributed by atoms with Crippen LogP contribution in [-0.2, 0) is 0 Å². The van der Waals surface area contributed by atoms with E-state index < -0.39 is 0 Å². The number of aromatic amines is 1. The van der Waals surface area contributed by atoms with Crippen LogP contribution >= 0.6 is 0 Å². The van der Waals surface area contributed by atoms with Crippen molar-refractivity contribution in [1.82, 2.24) is 4.98 Å². The minimum Gasteiger partial charge on any atom is -0.361 e. The topological polar surface area (TPSA) is 15.8 Å². The van der Waals surface area contributed by atoms with Gasteiger partial charge in [-0.3, -0.25) is 0 Å². The number of benzene rings is 1. The number of nitrogens with one attached hydrogen (secondary N) is 1. The fourth-order valence-electron chi connectivity index (χ4n) is 2.37. The Balaban J connectivity index is 2.86. The van der Waals surface area contributed by atoms with Gasteiger partial charge in [0, 0.05) is 17.1 Å². The average molecular weight is 187 g/mol. The first-order valence-electron chi connectivity index (χ1n) is 5.18. The van der Waals surface area contributed by atoms with Gasteiger partial charge in [0.05, 0.1) is 0 Å². The Labute approximate surface area is 85.1 Å². The van der Waals surface area contributed by atoms with E-state index in [4.69, 9.17) is 0 Å². The summed E-state index contributed by atoms with van der Waals surface area (Å²) in [4.78, 5) is 3.31. The molecule has 0 saturated heterocycles. The van der Waals surface area contributed by atoms with E-state index in [2.05, 4.69) is 44.8 Å². The van der Waals surface area contributed by atoms with Crippen molar-refractivity contribution in [2.45, 2.75) is 33.6 Å². The molecule has 1 aromatic heterocycles. The van der Waals surface area contributed by atoms with Gasteiger partial charge in [-0.05, 0) is 42.5 Å². The lowest BCUT2D eigenvalue weighted by molar-refractivity contribution is 0.866. The van der Waals surface area contributed by atoms with E-state index in [1.807, 2.05) is 6.20 Å². The Hall–Kier alpha value is -1.24. The van der Waals surface area contributed by atoms with Gasteiger partial charge in [0.15, 0.2) is 0 Å². The number of aromatic nitrogens is 1. The summed E-state index contributed by atoms with van der Waals surface area (Å²) >= 11 is 0. The summed E-state index contributed by atoms with van der Waals surface area (Å²) < 4.78 is 0. The van der Waals surface area contributed by atoms with Crippen LogP contribution in [0.2, 0.25) is 0 Å². The number of rotatable bonds is 1. The molecule has 0 aliphatic carbocycles. The Bertz CT molecular complexity index is 463. The van der Waals surface area contributed by atoms with Gasteiger partial charge in [0.2, 0.25) is 0 Å². The molecule has 0 spiro atoms. The zero-order valence-electron chi connectivity index (χ0n) is 9.31. The monoisotopic (exact) mass is 187 g/mol. The Morgan fingerprint density at radius 3 is 2.50 bits per heavy atom. The second-order valence-corrected chi connectivity index (χ2v) is 4.35.